The number of aromatic nitrogens is 2. The van der Waals surface area contributed by atoms with Gasteiger partial charge in [0, 0.05) is 6.04 Å². The van der Waals surface area contributed by atoms with Gasteiger partial charge in [0.2, 0.25) is 0 Å². The van der Waals surface area contributed by atoms with Crippen LogP contribution in [0.25, 0.3) is 0 Å². The predicted octanol–water partition coefficient (Wildman–Crippen LogP) is 0.965. The molecule has 1 N–H and O–H groups in total. The maximum absolute atomic E-state index is 9.03. The van der Waals surface area contributed by atoms with Crippen LogP contribution in [-0.4, -0.2) is 22.0 Å². The summed E-state index contributed by atoms with van der Waals surface area (Å²) in [6, 6.07) is 0.246. The van der Waals surface area contributed by atoms with Gasteiger partial charge >= 0.3 is 0 Å². The molecule has 0 aliphatic rings. The molecular weight excluding hydrogens is 156 g/mol. The summed E-state index contributed by atoms with van der Waals surface area (Å²) in [5.74, 6) is 0.645. The van der Waals surface area contributed by atoms with Gasteiger partial charge in [-0.15, -0.1) is 0 Å². The van der Waals surface area contributed by atoms with Crippen LogP contribution in [0.2, 0.25) is 0 Å². The Morgan fingerprint density at radius 2 is 2.33 bits per heavy atom. The fourth-order valence-electron chi connectivity index (χ4n) is 1.14. The average Bonchev–Trinajstić information content (AvgIpc) is 2.46. The summed E-state index contributed by atoms with van der Waals surface area (Å²) in [5, 5.41) is 13.1. The monoisotopic (exact) mass is 170 g/mol. The van der Waals surface area contributed by atoms with Crippen molar-refractivity contribution in [2.45, 2.75) is 26.5 Å². The predicted molar refractivity (Wildman–Crippen MR) is 45.1 cm³/mol. The molecule has 12 heavy (non-hydrogen) atoms. The highest BCUT2D eigenvalue weighted by atomic mass is 16.5. The molecule has 0 unspecified atom stereocenters. The highest BCUT2D eigenvalue weighted by molar-refractivity contribution is 5.24. The third-order valence-electron chi connectivity index (χ3n) is 1.72. The first kappa shape index (κ1) is 9.06. The largest absolute Gasteiger partial charge is 0.493 e. The van der Waals surface area contributed by atoms with Gasteiger partial charge in [0.1, 0.15) is 5.69 Å². The topological polar surface area (TPSA) is 47.3 Å². The molecule has 1 heterocycles. The van der Waals surface area contributed by atoms with Gasteiger partial charge in [0.05, 0.1) is 19.9 Å². The van der Waals surface area contributed by atoms with Crippen molar-refractivity contribution in [2.75, 3.05) is 7.11 Å². The molecule has 1 aromatic rings. The lowest BCUT2D eigenvalue weighted by molar-refractivity contribution is 0.256. The number of rotatable bonds is 3. The Kier molecular flexibility index (Phi) is 2.70. The second kappa shape index (κ2) is 3.58. The van der Waals surface area contributed by atoms with E-state index in [2.05, 4.69) is 5.10 Å². The van der Waals surface area contributed by atoms with E-state index in [1.54, 1.807) is 18.0 Å². The summed E-state index contributed by atoms with van der Waals surface area (Å²) in [5.41, 5.74) is 0.729. The molecule has 0 aliphatic carbocycles. The first-order valence-corrected chi connectivity index (χ1v) is 3.92. The second-order valence-corrected chi connectivity index (χ2v) is 2.86. The molecule has 0 saturated heterocycles. The Morgan fingerprint density at radius 1 is 1.67 bits per heavy atom. The molecule has 0 aromatic carbocycles. The minimum atomic E-state index is -0.0403. The summed E-state index contributed by atoms with van der Waals surface area (Å²) >= 11 is 0. The summed E-state index contributed by atoms with van der Waals surface area (Å²) in [6.45, 7) is 3.97. The summed E-state index contributed by atoms with van der Waals surface area (Å²) in [4.78, 5) is 0. The molecule has 1 aromatic heterocycles. The highest BCUT2D eigenvalue weighted by Gasteiger charge is 2.11. The van der Waals surface area contributed by atoms with Gasteiger partial charge in [-0.05, 0) is 13.8 Å². The number of hydrogen-bond donors (Lipinski definition) is 1. The van der Waals surface area contributed by atoms with E-state index in [1.165, 1.54) is 0 Å². The lowest BCUT2D eigenvalue weighted by atomic mass is 10.3. The van der Waals surface area contributed by atoms with Gasteiger partial charge in [-0.3, -0.25) is 4.68 Å². The normalized spacial score (nSPS) is 10.8. The van der Waals surface area contributed by atoms with Crippen molar-refractivity contribution in [3.8, 4) is 5.75 Å². The lowest BCUT2D eigenvalue weighted by Crippen LogP contribution is -2.07. The van der Waals surface area contributed by atoms with E-state index < -0.39 is 0 Å². The summed E-state index contributed by atoms with van der Waals surface area (Å²) in [6.07, 6.45) is 1.62. The number of nitrogens with zero attached hydrogens (tertiary/aromatic N) is 2. The smallest absolute Gasteiger partial charge is 0.162 e. The Bertz CT molecular complexity index is 256. The molecular formula is C8H14N2O2. The maximum atomic E-state index is 9.03. The van der Waals surface area contributed by atoms with Crippen LogP contribution in [0.15, 0.2) is 6.20 Å². The summed E-state index contributed by atoms with van der Waals surface area (Å²) in [7, 11) is 1.57. The van der Waals surface area contributed by atoms with Crippen LogP contribution in [0.5, 0.6) is 5.75 Å². The van der Waals surface area contributed by atoms with Crippen LogP contribution in [0, 0.1) is 0 Å². The molecule has 0 bridgehead atoms. The SMILES string of the molecule is COc1cnn(C(C)C)c1CO. The van der Waals surface area contributed by atoms with E-state index in [1.807, 2.05) is 13.8 Å². The average molecular weight is 170 g/mol. The maximum Gasteiger partial charge on any atom is 0.162 e. The Morgan fingerprint density at radius 3 is 2.75 bits per heavy atom. The number of aliphatic hydroxyl groups excluding tert-OH is 1. The van der Waals surface area contributed by atoms with Gasteiger partial charge in [-0.25, -0.2) is 0 Å². The van der Waals surface area contributed by atoms with Crippen molar-refractivity contribution < 1.29 is 9.84 Å². The van der Waals surface area contributed by atoms with Gasteiger partial charge in [-0.1, -0.05) is 0 Å². The van der Waals surface area contributed by atoms with Crippen molar-refractivity contribution in [3.63, 3.8) is 0 Å². The van der Waals surface area contributed by atoms with Gasteiger partial charge < -0.3 is 9.84 Å². The van der Waals surface area contributed by atoms with Gasteiger partial charge in [-0.2, -0.15) is 5.10 Å². The molecule has 4 nitrogen and oxygen atoms in total. The first-order valence-electron chi connectivity index (χ1n) is 3.92. The minimum Gasteiger partial charge on any atom is -0.493 e. The van der Waals surface area contributed by atoms with E-state index in [0.29, 0.717) is 5.75 Å². The van der Waals surface area contributed by atoms with Crippen molar-refractivity contribution >= 4 is 0 Å². The molecule has 0 atom stereocenters. The van der Waals surface area contributed by atoms with Gasteiger partial charge in [0.15, 0.2) is 5.75 Å². The van der Waals surface area contributed by atoms with Gasteiger partial charge in [0.25, 0.3) is 0 Å². The Hall–Kier alpha value is -1.03. The van der Waals surface area contributed by atoms with Crippen molar-refractivity contribution in [1.82, 2.24) is 9.78 Å². The third kappa shape index (κ3) is 1.43. The van der Waals surface area contributed by atoms with Crippen molar-refractivity contribution in [1.29, 1.82) is 0 Å². The Labute approximate surface area is 71.8 Å². The highest BCUT2D eigenvalue weighted by Crippen LogP contribution is 2.20. The molecule has 4 heteroatoms. The van der Waals surface area contributed by atoms with E-state index in [4.69, 9.17) is 9.84 Å². The van der Waals surface area contributed by atoms with Crippen LogP contribution < -0.4 is 4.74 Å². The molecule has 0 amide bonds. The van der Waals surface area contributed by atoms with E-state index in [9.17, 15) is 0 Å². The fraction of sp³-hybridized carbons (Fsp3) is 0.625. The van der Waals surface area contributed by atoms with E-state index >= 15 is 0 Å². The molecule has 0 spiro atoms. The standard InChI is InChI=1S/C8H14N2O2/c1-6(2)10-7(5-11)8(12-3)4-9-10/h4,6,11H,5H2,1-3H3. The zero-order valence-corrected chi connectivity index (χ0v) is 7.61. The molecule has 0 radical (unpaired) electrons. The van der Waals surface area contributed by atoms with Crippen molar-refractivity contribution in [3.05, 3.63) is 11.9 Å². The second-order valence-electron chi connectivity index (χ2n) is 2.86. The molecule has 68 valence electrons. The zero-order chi connectivity index (χ0) is 9.14. The molecule has 0 aliphatic heterocycles. The minimum absolute atomic E-state index is 0.0403. The Balaban J connectivity index is 3.05. The number of hydrogen-bond acceptors (Lipinski definition) is 3. The molecule has 1 rings (SSSR count). The quantitative estimate of drug-likeness (QED) is 0.735. The fourth-order valence-corrected chi connectivity index (χ4v) is 1.14. The molecule has 0 fully saturated rings. The summed E-state index contributed by atoms with van der Waals surface area (Å²) < 4.78 is 6.77. The third-order valence-corrected chi connectivity index (χ3v) is 1.72. The van der Waals surface area contributed by atoms with Crippen LogP contribution in [0.4, 0.5) is 0 Å². The van der Waals surface area contributed by atoms with Crippen LogP contribution in [-0.2, 0) is 6.61 Å². The van der Waals surface area contributed by atoms with Crippen LogP contribution >= 0.6 is 0 Å². The number of aliphatic hydroxyl groups is 1. The zero-order valence-electron chi connectivity index (χ0n) is 7.61. The van der Waals surface area contributed by atoms with Crippen LogP contribution in [0.1, 0.15) is 25.6 Å². The molecule has 0 saturated carbocycles. The number of methoxy groups -OCH3 is 1. The van der Waals surface area contributed by atoms with E-state index in [0.717, 1.165) is 5.69 Å². The van der Waals surface area contributed by atoms with Crippen LogP contribution in [0.3, 0.4) is 0 Å². The first-order chi connectivity index (χ1) is 5.70. The number of ether oxygens (including phenoxy) is 1. The lowest BCUT2D eigenvalue weighted by Gasteiger charge is -2.09. The van der Waals surface area contributed by atoms with E-state index in [-0.39, 0.29) is 12.6 Å². The van der Waals surface area contributed by atoms with Crippen molar-refractivity contribution in [2.24, 2.45) is 0 Å².